The minimum absolute atomic E-state index is 0.00327. The number of ether oxygens (including phenoxy) is 1. The third-order valence-electron chi connectivity index (χ3n) is 2.90. The highest BCUT2D eigenvalue weighted by molar-refractivity contribution is 9.10. The van der Waals surface area contributed by atoms with Crippen LogP contribution in [-0.4, -0.2) is 17.2 Å². The third kappa shape index (κ3) is 4.08. The number of carboxylic acids is 1. The van der Waals surface area contributed by atoms with E-state index in [9.17, 15) is 14.7 Å². The summed E-state index contributed by atoms with van der Waals surface area (Å²) in [6.07, 6.45) is -0.712. The summed E-state index contributed by atoms with van der Waals surface area (Å²) in [5.74, 6) is -1.12. The number of aryl methyl sites for hydroxylation is 1. The van der Waals surface area contributed by atoms with Crippen LogP contribution in [0.15, 0.2) is 46.9 Å². The molecular formula is C16H14BrNO4. The van der Waals surface area contributed by atoms with E-state index in [-0.39, 0.29) is 17.9 Å². The van der Waals surface area contributed by atoms with Crippen LogP contribution >= 0.6 is 15.9 Å². The van der Waals surface area contributed by atoms with Crippen LogP contribution in [0, 0.1) is 6.92 Å². The number of carboxylic acid groups (broad SMARTS) is 1. The summed E-state index contributed by atoms with van der Waals surface area (Å²) in [6, 6.07) is 12.4. The highest BCUT2D eigenvalue weighted by atomic mass is 79.9. The number of benzene rings is 2. The van der Waals surface area contributed by atoms with Crippen LogP contribution < -0.4 is 5.32 Å². The van der Waals surface area contributed by atoms with E-state index in [2.05, 4.69) is 21.2 Å². The van der Waals surface area contributed by atoms with Gasteiger partial charge in [0, 0.05) is 4.47 Å². The lowest BCUT2D eigenvalue weighted by atomic mass is 10.1. The molecular weight excluding hydrogens is 350 g/mol. The van der Waals surface area contributed by atoms with E-state index in [0.717, 1.165) is 11.1 Å². The maximum atomic E-state index is 11.9. The lowest BCUT2D eigenvalue weighted by Crippen LogP contribution is -2.16. The van der Waals surface area contributed by atoms with E-state index in [0.29, 0.717) is 4.47 Å². The van der Waals surface area contributed by atoms with Crippen LogP contribution in [0.5, 0.6) is 0 Å². The summed E-state index contributed by atoms with van der Waals surface area (Å²) >= 11 is 3.26. The zero-order valence-corrected chi connectivity index (χ0v) is 13.4. The van der Waals surface area contributed by atoms with Crippen molar-refractivity contribution in [3.63, 3.8) is 0 Å². The topological polar surface area (TPSA) is 75.6 Å². The zero-order valence-electron chi connectivity index (χ0n) is 11.8. The number of carbonyl (C=O) groups excluding carboxylic acids is 1. The van der Waals surface area contributed by atoms with E-state index < -0.39 is 12.1 Å². The van der Waals surface area contributed by atoms with Gasteiger partial charge in [-0.3, -0.25) is 5.32 Å². The Balaban J connectivity index is 2.10. The number of nitrogens with one attached hydrogen (secondary N) is 1. The van der Waals surface area contributed by atoms with E-state index >= 15 is 0 Å². The van der Waals surface area contributed by atoms with Crippen LogP contribution in [-0.2, 0) is 11.3 Å². The smallest absolute Gasteiger partial charge is 0.412 e. The molecule has 0 saturated heterocycles. The Kier molecular flexibility index (Phi) is 5.16. The second-order valence-electron chi connectivity index (χ2n) is 4.66. The number of carbonyl (C=O) groups is 2. The van der Waals surface area contributed by atoms with Gasteiger partial charge in [-0.1, -0.05) is 30.3 Å². The molecule has 0 aliphatic rings. The van der Waals surface area contributed by atoms with Gasteiger partial charge in [-0.25, -0.2) is 9.59 Å². The Morgan fingerprint density at radius 1 is 1.23 bits per heavy atom. The van der Waals surface area contributed by atoms with Gasteiger partial charge in [-0.05, 0) is 46.1 Å². The van der Waals surface area contributed by atoms with Gasteiger partial charge in [0.1, 0.15) is 6.61 Å². The zero-order chi connectivity index (χ0) is 16.1. The molecule has 0 radical (unpaired) electrons. The minimum Gasteiger partial charge on any atom is -0.478 e. The van der Waals surface area contributed by atoms with E-state index in [1.54, 1.807) is 13.0 Å². The van der Waals surface area contributed by atoms with E-state index in [4.69, 9.17) is 4.74 Å². The second-order valence-corrected chi connectivity index (χ2v) is 5.52. The molecule has 0 aliphatic carbocycles. The molecule has 0 aromatic heterocycles. The predicted octanol–water partition coefficient (Wildman–Crippen LogP) is 4.20. The number of anilines is 1. The molecule has 114 valence electrons. The molecule has 6 heteroatoms. The number of rotatable bonds is 4. The highest BCUT2D eigenvalue weighted by Gasteiger charge is 2.17. The molecule has 0 atom stereocenters. The molecule has 5 nitrogen and oxygen atoms in total. The molecule has 0 unspecified atom stereocenters. The summed E-state index contributed by atoms with van der Waals surface area (Å²) in [7, 11) is 0. The molecule has 2 N–H and O–H groups in total. The Morgan fingerprint density at radius 2 is 1.91 bits per heavy atom. The van der Waals surface area contributed by atoms with Gasteiger partial charge < -0.3 is 9.84 Å². The molecule has 0 bridgehead atoms. The Labute approximate surface area is 136 Å². The maximum Gasteiger partial charge on any atom is 0.412 e. The average Bonchev–Trinajstić information content (AvgIpc) is 2.48. The molecule has 0 saturated carbocycles. The van der Waals surface area contributed by atoms with Gasteiger partial charge >= 0.3 is 12.1 Å². The Morgan fingerprint density at radius 3 is 2.55 bits per heavy atom. The summed E-state index contributed by atoms with van der Waals surface area (Å²) in [5, 5.41) is 11.7. The van der Waals surface area contributed by atoms with Crippen molar-refractivity contribution in [1.29, 1.82) is 0 Å². The van der Waals surface area contributed by atoms with Gasteiger partial charge in [0.25, 0.3) is 0 Å². The highest BCUT2D eigenvalue weighted by Crippen LogP contribution is 2.28. The lowest BCUT2D eigenvalue weighted by molar-refractivity contribution is 0.0698. The fraction of sp³-hybridized carbons (Fsp3) is 0.125. The van der Waals surface area contributed by atoms with Crippen LogP contribution in [0.25, 0.3) is 0 Å². The largest absolute Gasteiger partial charge is 0.478 e. The first kappa shape index (κ1) is 16.0. The molecule has 1 amide bonds. The van der Waals surface area contributed by atoms with Crippen molar-refractivity contribution in [2.45, 2.75) is 13.5 Å². The van der Waals surface area contributed by atoms with Crippen molar-refractivity contribution >= 4 is 33.7 Å². The molecule has 2 aromatic rings. The van der Waals surface area contributed by atoms with Crippen LogP contribution in [0.2, 0.25) is 0 Å². The molecule has 0 spiro atoms. The number of halogens is 1. The number of hydrogen-bond donors (Lipinski definition) is 2. The van der Waals surface area contributed by atoms with Gasteiger partial charge in [0.15, 0.2) is 0 Å². The van der Waals surface area contributed by atoms with Crippen molar-refractivity contribution in [1.82, 2.24) is 0 Å². The molecule has 2 aromatic carbocycles. The fourth-order valence-corrected chi connectivity index (χ4v) is 2.57. The lowest BCUT2D eigenvalue weighted by Gasteiger charge is -2.12. The van der Waals surface area contributed by atoms with E-state index in [1.165, 1.54) is 6.07 Å². The Hall–Kier alpha value is -2.34. The molecule has 0 heterocycles. The standard InChI is InChI=1S/C16H14BrNO4/c1-10-7-12(15(19)20)14(13(17)8-10)18-16(21)22-9-11-5-3-2-4-6-11/h2-8H,9H2,1H3,(H,18,21)(H,19,20). The SMILES string of the molecule is Cc1cc(Br)c(NC(=O)OCc2ccccc2)c(C(=O)O)c1. The molecule has 22 heavy (non-hydrogen) atoms. The van der Waals surface area contributed by atoms with Crippen molar-refractivity contribution in [2.75, 3.05) is 5.32 Å². The van der Waals surface area contributed by atoms with Crippen LogP contribution in [0.4, 0.5) is 10.5 Å². The molecule has 0 aliphatic heterocycles. The molecule has 2 rings (SSSR count). The monoisotopic (exact) mass is 363 g/mol. The van der Waals surface area contributed by atoms with Crippen LogP contribution in [0.1, 0.15) is 21.5 Å². The number of aromatic carboxylic acids is 1. The first-order valence-electron chi connectivity index (χ1n) is 6.48. The van der Waals surface area contributed by atoms with Gasteiger partial charge in [-0.15, -0.1) is 0 Å². The van der Waals surface area contributed by atoms with Crippen molar-refractivity contribution in [2.24, 2.45) is 0 Å². The summed E-state index contributed by atoms with van der Waals surface area (Å²) in [5.41, 5.74) is 1.80. The fourth-order valence-electron chi connectivity index (χ4n) is 1.90. The summed E-state index contributed by atoms with van der Waals surface area (Å²) < 4.78 is 5.58. The van der Waals surface area contributed by atoms with Gasteiger partial charge in [0.05, 0.1) is 11.3 Å². The van der Waals surface area contributed by atoms with Gasteiger partial charge in [0.2, 0.25) is 0 Å². The van der Waals surface area contributed by atoms with Crippen molar-refractivity contribution in [3.05, 3.63) is 63.6 Å². The molecule has 0 fully saturated rings. The maximum absolute atomic E-state index is 11.9. The average molecular weight is 364 g/mol. The first-order valence-corrected chi connectivity index (χ1v) is 7.28. The van der Waals surface area contributed by atoms with Crippen molar-refractivity contribution in [3.8, 4) is 0 Å². The first-order chi connectivity index (χ1) is 10.5. The minimum atomic E-state index is -1.12. The Bertz CT molecular complexity index is 701. The van der Waals surface area contributed by atoms with Gasteiger partial charge in [-0.2, -0.15) is 0 Å². The predicted molar refractivity (Wildman–Crippen MR) is 86.1 cm³/mol. The van der Waals surface area contributed by atoms with Crippen LogP contribution in [0.3, 0.4) is 0 Å². The van der Waals surface area contributed by atoms with E-state index in [1.807, 2.05) is 30.3 Å². The number of amides is 1. The van der Waals surface area contributed by atoms with Crippen molar-refractivity contribution < 1.29 is 19.4 Å². The normalized spacial score (nSPS) is 10.1. The number of hydrogen-bond acceptors (Lipinski definition) is 3. The quantitative estimate of drug-likeness (QED) is 0.853. The summed E-state index contributed by atoms with van der Waals surface area (Å²) in [6.45, 7) is 1.88. The second kappa shape index (κ2) is 7.09. The summed E-state index contributed by atoms with van der Waals surface area (Å²) in [4.78, 5) is 23.1. The third-order valence-corrected chi connectivity index (χ3v) is 3.53.